The summed E-state index contributed by atoms with van der Waals surface area (Å²) in [4.78, 5) is 16.9. The van der Waals surface area contributed by atoms with Gasteiger partial charge in [0.2, 0.25) is 5.95 Å². The molecule has 1 aliphatic rings. The van der Waals surface area contributed by atoms with Crippen molar-refractivity contribution in [2.24, 2.45) is 7.05 Å². The van der Waals surface area contributed by atoms with Crippen LogP contribution in [-0.2, 0) is 7.05 Å². The number of benzene rings is 1. The zero-order chi connectivity index (χ0) is 16.5. The van der Waals surface area contributed by atoms with Gasteiger partial charge in [-0.2, -0.15) is 10.1 Å². The molecule has 1 aromatic carbocycles. The van der Waals surface area contributed by atoms with Crippen LogP contribution in [0.4, 0.5) is 5.95 Å². The molecule has 25 heavy (non-hydrogen) atoms. The Morgan fingerprint density at radius 2 is 2.08 bits per heavy atom. The fourth-order valence-electron chi connectivity index (χ4n) is 3.02. The topological polar surface area (TPSA) is 85.0 Å². The van der Waals surface area contributed by atoms with Gasteiger partial charge >= 0.3 is 0 Å². The summed E-state index contributed by atoms with van der Waals surface area (Å²) in [5.74, 6) is 1.52. The van der Waals surface area contributed by atoms with E-state index in [4.69, 9.17) is 4.42 Å². The Bertz CT molecular complexity index is 849. The lowest BCUT2D eigenvalue weighted by atomic mass is 9.98. The van der Waals surface area contributed by atoms with Gasteiger partial charge in [-0.25, -0.2) is 4.68 Å². The molecule has 0 spiro atoms. The number of hydrogen-bond acceptors (Lipinski definition) is 5. The number of carbonyl (C=O) groups is 1. The van der Waals surface area contributed by atoms with Crippen LogP contribution >= 0.6 is 12.4 Å². The van der Waals surface area contributed by atoms with Crippen molar-refractivity contribution in [3.63, 3.8) is 0 Å². The molecule has 1 aliphatic heterocycles. The maximum Gasteiger partial charge on any atom is 0.293 e. The molecule has 1 fully saturated rings. The molecule has 0 radical (unpaired) electrons. The zero-order valence-electron chi connectivity index (χ0n) is 13.9. The second-order valence-electron chi connectivity index (χ2n) is 6.04. The highest BCUT2D eigenvalue weighted by Gasteiger charge is 2.22. The van der Waals surface area contributed by atoms with Crippen LogP contribution in [0.5, 0.6) is 0 Å². The summed E-state index contributed by atoms with van der Waals surface area (Å²) >= 11 is 0. The minimum atomic E-state index is -0.321. The first-order valence-electron chi connectivity index (χ1n) is 8.12. The van der Waals surface area contributed by atoms with E-state index in [1.54, 1.807) is 17.8 Å². The molecule has 0 unspecified atom stereocenters. The number of carbonyl (C=O) groups excluding carboxylic acids is 1. The smallest absolute Gasteiger partial charge is 0.293 e. The molecule has 0 atom stereocenters. The number of halogens is 1. The van der Waals surface area contributed by atoms with Crippen molar-refractivity contribution in [1.82, 2.24) is 20.1 Å². The number of rotatable bonds is 3. The van der Waals surface area contributed by atoms with Gasteiger partial charge in [-0.3, -0.25) is 10.1 Å². The number of anilines is 1. The van der Waals surface area contributed by atoms with Gasteiger partial charge in [0.15, 0.2) is 11.6 Å². The summed E-state index contributed by atoms with van der Waals surface area (Å²) in [6.45, 7) is 1.95. The first-order chi connectivity index (χ1) is 11.7. The highest BCUT2D eigenvalue weighted by molar-refractivity contribution is 6.03. The van der Waals surface area contributed by atoms with Gasteiger partial charge in [-0.05, 0) is 38.1 Å². The zero-order valence-corrected chi connectivity index (χ0v) is 14.7. The highest BCUT2D eigenvalue weighted by atomic mass is 35.5. The van der Waals surface area contributed by atoms with E-state index in [1.165, 1.54) is 0 Å². The van der Waals surface area contributed by atoms with Crippen molar-refractivity contribution in [2.45, 2.75) is 18.8 Å². The molecule has 132 valence electrons. The van der Waals surface area contributed by atoms with E-state index >= 15 is 0 Å². The Hall–Kier alpha value is -2.38. The van der Waals surface area contributed by atoms with Gasteiger partial charge in [-0.1, -0.05) is 18.2 Å². The third kappa shape index (κ3) is 3.52. The molecule has 0 bridgehead atoms. The van der Waals surface area contributed by atoms with Crippen molar-refractivity contribution < 1.29 is 9.21 Å². The van der Waals surface area contributed by atoms with E-state index in [0.717, 1.165) is 37.1 Å². The summed E-state index contributed by atoms with van der Waals surface area (Å²) in [7, 11) is 1.78. The second-order valence-corrected chi connectivity index (χ2v) is 6.04. The van der Waals surface area contributed by atoms with Crippen LogP contribution in [0.1, 0.15) is 35.1 Å². The Balaban J connectivity index is 0.00000182. The molecule has 0 saturated carbocycles. The van der Waals surface area contributed by atoms with Gasteiger partial charge in [-0.15, -0.1) is 12.4 Å². The minimum absolute atomic E-state index is 0. The highest BCUT2D eigenvalue weighted by Crippen LogP contribution is 2.24. The maximum atomic E-state index is 12.4. The molecule has 3 heterocycles. The monoisotopic (exact) mass is 361 g/mol. The minimum Gasteiger partial charge on any atom is -0.451 e. The number of piperidine rings is 1. The van der Waals surface area contributed by atoms with Crippen molar-refractivity contribution in [1.29, 1.82) is 0 Å². The van der Waals surface area contributed by atoms with Gasteiger partial charge < -0.3 is 9.73 Å². The maximum absolute atomic E-state index is 12.4. The molecule has 8 heteroatoms. The lowest BCUT2D eigenvalue weighted by Crippen LogP contribution is -2.27. The van der Waals surface area contributed by atoms with Crippen molar-refractivity contribution in [3.8, 4) is 0 Å². The molecule has 3 aromatic rings. The Labute approximate surface area is 151 Å². The average Bonchev–Trinajstić information content (AvgIpc) is 3.20. The van der Waals surface area contributed by atoms with Crippen molar-refractivity contribution >= 4 is 35.2 Å². The largest absolute Gasteiger partial charge is 0.451 e. The SMILES string of the molecule is Cl.Cn1nc(C2CCNCC2)nc1NC(=O)c1cc2ccccc2o1. The molecule has 0 aliphatic carbocycles. The van der Waals surface area contributed by atoms with Crippen LogP contribution in [-0.4, -0.2) is 33.8 Å². The predicted octanol–water partition coefficient (Wildman–Crippen LogP) is 2.70. The Morgan fingerprint density at radius 1 is 1.32 bits per heavy atom. The second kappa shape index (κ2) is 7.25. The van der Waals surface area contributed by atoms with Crippen LogP contribution in [0.15, 0.2) is 34.7 Å². The van der Waals surface area contributed by atoms with Gasteiger partial charge in [0, 0.05) is 18.4 Å². The Morgan fingerprint density at radius 3 is 2.84 bits per heavy atom. The number of hydrogen-bond donors (Lipinski definition) is 2. The normalized spacial score (nSPS) is 15.1. The Kier molecular flexibility index (Phi) is 5.06. The number of aryl methyl sites for hydroxylation is 1. The van der Waals surface area contributed by atoms with Gasteiger partial charge in [0.05, 0.1) is 0 Å². The van der Waals surface area contributed by atoms with E-state index in [0.29, 0.717) is 17.4 Å². The molecule has 4 rings (SSSR count). The number of aromatic nitrogens is 3. The van der Waals surface area contributed by atoms with Gasteiger partial charge in [0.25, 0.3) is 5.91 Å². The molecule has 2 aromatic heterocycles. The van der Waals surface area contributed by atoms with Crippen molar-refractivity contribution in [3.05, 3.63) is 41.9 Å². The summed E-state index contributed by atoms with van der Waals surface area (Å²) in [6, 6.07) is 9.26. The molecule has 1 saturated heterocycles. The van der Waals surface area contributed by atoms with Crippen LogP contribution in [0.3, 0.4) is 0 Å². The van der Waals surface area contributed by atoms with E-state index in [2.05, 4.69) is 20.7 Å². The summed E-state index contributed by atoms with van der Waals surface area (Å²) in [5.41, 5.74) is 0.691. The number of nitrogens with zero attached hydrogens (tertiary/aromatic N) is 3. The van der Waals surface area contributed by atoms with Crippen molar-refractivity contribution in [2.75, 3.05) is 18.4 Å². The van der Waals surface area contributed by atoms with E-state index in [1.807, 2.05) is 24.3 Å². The van der Waals surface area contributed by atoms with E-state index < -0.39 is 0 Å². The average molecular weight is 362 g/mol. The number of fused-ring (bicyclic) bond motifs is 1. The lowest BCUT2D eigenvalue weighted by molar-refractivity contribution is 0.0997. The molecular weight excluding hydrogens is 342 g/mol. The standard InChI is InChI=1S/C17H19N5O2.ClH/c1-22-17(19-15(21-22)11-6-8-18-9-7-11)20-16(23)14-10-12-4-2-3-5-13(12)24-14;/h2-5,10-11,18H,6-9H2,1H3,(H,19,20,21,23);1H. The van der Waals surface area contributed by atoms with Crippen LogP contribution < -0.4 is 10.6 Å². The fourth-order valence-corrected chi connectivity index (χ4v) is 3.02. The van der Waals surface area contributed by atoms with Crippen LogP contribution in [0.2, 0.25) is 0 Å². The van der Waals surface area contributed by atoms with Gasteiger partial charge in [0.1, 0.15) is 5.58 Å². The predicted molar refractivity (Wildman–Crippen MR) is 97.3 cm³/mol. The third-order valence-electron chi connectivity index (χ3n) is 4.36. The molecule has 7 nitrogen and oxygen atoms in total. The summed E-state index contributed by atoms with van der Waals surface area (Å²) < 4.78 is 7.20. The lowest BCUT2D eigenvalue weighted by Gasteiger charge is -2.19. The van der Waals surface area contributed by atoms with Crippen LogP contribution in [0.25, 0.3) is 11.0 Å². The first-order valence-corrected chi connectivity index (χ1v) is 8.12. The summed E-state index contributed by atoms with van der Waals surface area (Å²) in [6.07, 6.45) is 2.03. The number of amides is 1. The van der Waals surface area contributed by atoms with E-state index in [9.17, 15) is 4.79 Å². The number of para-hydroxylation sites is 1. The molecule has 1 amide bonds. The quantitative estimate of drug-likeness (QED) is 0.749. The first kappa shape index (κ1) is 17.4. The molecule has 2 N–H and O–H groups in total. The van der Waals surface area contributed by atoms with Crippen LogP contribution in [0, 0.1) is 0 Å². The molecular formula is C17H20ClN5O2. The fraction of sp³-hybridized carbons (Fsp3) is 0.353. The summed E-state index contributed by atoms with van der Waals surface area (Å²) in [5, 5.41) is 11.5. The number of furan rings is 1. The number of nitrogens with one attached hydrogen (secondary N) is 2. The van der Waals surface area contributed by atoms with E-state index in [-0.39, 0.29) is 24.1 Å². The third-order valence-corrected chi connectivity index (χ3v) is 4.36.